The van der Waals surface area contributed by atoms with Crippen molar-refractivity contribution >= 4 is 11.6 Å². The highest BCUT2D eigenvalue weighted by Gasteiger charge is 2.08. The maximum absolute atomic E-state index is 4.77. The predicted molar refractivity (Wildman–Crippen MR) is 105 cm³/mol. The van der Waals surface area contributed by atoms with Crippen LogP contribution < -0.4 is 10.2 Å². The van der Waals surface area contributed by atoms with Gasteiger partial charge in [-0.1, -0.05) is 30.4 Å². The van der Waals surface area contributed by atoms with Gasteiger partial charge >= 0.3 is 0 Å². The van der Waals surface area contributed by atoms with Gasteiger partial charge in [-0.25, -0.2) is 4.99 Å². The monoisotopic (exact) mass is 326 g/mol. The van der Waals surface area contributed by atoms with Crippen molar-refractivity contribution in [2.75, 3.05) is 38.1 Å². The Kier molecular flexibility index (Phi) is 7.40. The molecule has 0 fully saturated rings. The molecule has 1 aliphatic rings. The third-order valence-electron chi connectivity index (χ3n) is 4.13. The largest absolute Gasteiger partial charge is 0.364 e. The molecular formula is C20H30N4. The second-order valence-corrected chi connectivity index (χ2v) is 6.07. The zero-order chi connectivity index (χ0) is 17.2. The molecule has 4 heteroatoms. The van der Waals surface area contributed by atoms with E-state index in [1.165, 1.54) is 11.3 Å². The van der Waals surface area contributed by atoms with Gasteiger partial charge in [0.2, 0.25) is 0 Å². The summed E-state index contributed by atoms with van der Waals surface area (Å²) < 4.78 is 0. The van der Waals surface area contributed by atoms with Crippen molar-refractivity contribution in [3.63, 3.8) is 0 Å². The number of aliphatic imine (C=N–C) groups is 1. The van der Waals surface area contributed by atoms with E-state index in [0.717, 1.165) is 45.0 Å². The number of allylic oxidation sites excluding steroid dienone is 1. The van der Waals surface area contributed by atoms with Gasteiger partial charge in [-0.05, 0) is 37.5 Å². The lowest BCUT2D eigenvalue weighted by molar-refractivity contribution is 0.470. The van der Waals surface area contributed by atoms with Gasteiger partial charge in [-0.2, -0.15) is 0 Å². The lowest BCUT2D eigenvalue weighted by Crippen LogP contribution is -2.39. The minimum Gasteiger partial charge on any atom is -0.364 e. The van der Waals surface area contributed by atoms with Crippen LogP contribution >= 0.6 is 0 Å². The first kappa shape index (κ1) is 18.1. The molecule has 130 valence electrons. The molecule has 0 radical (unpaired) electrons. The fourth-order valence-electron chi connectivity index (χ4n) is 2.72. The Morgan fingerprint density at radius 3 is 2.62 bits per heavy atom. The summed E-state index contributed by atoms with van der Waals surface area (Å²) in [4.78, 5) is 9.31. The third-order valence-corrected chi connectivity index (χ3v) is 4.13. The highest BCUT2D eigenvalue weighted by Crippen LogP contribution is 2.18. The maximum atomic E-state index is 4.77. The predicted octanol–water partition coefficient (Wildman–Crippen LogP) is 3.43. The van der Waals surface area contributed by atoms with Crippen molar-refractivity contribution in [3.8, 4) is 0 Å². The number of hydrogen-bond donors (Lipinski definition) is 1. The quantitative estimate of drug-likeness (QED) is 0.344. The minimum atomic E-state index is 0.701. The van der Waals surface area contributed by atoms with Crippen LogP contribution in [0.4, 0.5) is 5.69 Å². The Balaban J connectivity index is 1.93. The van der Waals surface area contributed by atoms with Gasteiger partial charge in [0.15, 0.2) is 5.96 Å². The molecule has 0 unspecified atom stereocenters. The number of nitrogens with zero attached hydrogens (tertiary/aromatic N) is 3. The first-order chi connectivity index (χ1) is 11.7. The van der Waals surface area contributed by atoms with Gasteiger partial charge in [0.1, 0.15) is 0 Å². The molecule has 1 N–H and O–H groups in total. The SMILES string of the molecule is C=CCCCN(C)C(=NCc1ccc(N2CC=CC2)cc1)NCC. The Hall–Kier alpha value is -2.23. The van der Waals surface area contributed by atoms with Crippen molar-refractivity contribution < 1.29 is 0 Å². The summed E-state index contributed by atoms with van der Waals surface area (Å²) in [5.74, 6) is 0.967. The van der Waals surface area contributed by atoms with E-state index < -0.39 is 0 Å². The summed E-state index contributed by atoms with van der Waals surface area (Å²) in [6.07, 6.45) is 8.53. The van der Waals surface area contributed by atoms with E-state index in [1.807, 2.05) is 6.08 Å². The van der Waals surface area contributed by atoms with Gasteiger partial charge < -0.3 is 15.1 Å². The Morgan fingerprint density at radius 1 is 1.29 bits per heavy atom. The topological polar surface area (TPSA) is 30.9 Å². The molecule has 0 aromatic heterocycles. The van der Waals surface area contributed by atoms with Crippen molar-refractivity contribution in [2.45, 2.75) is 26.3 Å². The van der Waals surface area contributed by atoms with Crippen LogP contribution in [0.15, 0.2) is 54.1 Å². The van der Waals surface area contributed by atoms with E-state index in [9.17, 15) is 0 Å². The zero-order valence-corrected chi connectivity index (χ0v) is 15.0. The minimum absolute atomic E-state index is 0.701. The summed E-state index contributed by atoms with van der Waals surface area (Å²) in [7, 11) is 2.09. The number of hydrogen-bond acceptors (Lipinski definition) is 2. The number of guanidine groups is 1. The van der Waals surface area contributed by atoms with E-state index in [2.05, 4.69) is 72.1 Å². The van der Waals surface area contributed by atoms with Gasteiger partial charge in [-0.3, -0.25) is 0 Å². The van der Waals surface area contributed by atoms with Crippen LogP contribution in [-0.4, -0.2) is 44.1 Å². The van der Waals surface area contributed by atoms with E-state index in [-0.39, 0.29) is 0 Å². The highest BCUT2D eigenvalue weighted by atomic mass is 15.3. The summed E-state index contributed by atoms with van der Waals surface area (Å²) in [5.41, 5.74) is 2.52. The van der Waals surface area contributed by atoms with E-state index in [0.29, 0.717) is 6.54 Å². The van der Waals surface area contributed by atoms with Crippen molar-refractivity contribution in [3.05, 3.63) is 54.6 Å². The van der Waals surface area contributed by atoms with Crippen LogP contribution in [0.25, 0.3) is 0 Å². The third kappa shape index (κ3) is 5.44. The normalized spacial score (nSPS) is 14.1. The van der Waals surface area contributed by atoms with Gasteiger partial charge in [0, 0.05) is 38.9 Å². The number of unbranched alkanes of at least 4 members (excludes halogenated alkanes) is 1. The molecule has 0 bridgehead atoms. The van der Waals surface area contributed by atoms with E-state index in [1.54, 1.807) is 0 Å². The molecule has 0 saturated heterocycles. The fourth-order valence-corrected chi connectivity index (χ4v) is 2.72. The molecule has 24 heavy (non-hydrogen) atoms. The molecule has 2 rings (SSSR count). The summed E-state index contributed by atoms with van der Waals surface area (Å²) in [6, 6.07) is 8.74. The van der Waals surface area contributed by atoms with Crippen LogP contribution in [0.3, 0.4) is 0 Å². The average molecular weight is 326 g/mol. The van der Waals surface area contributed by atoms with Crippen LogP contribution in [0.2, 0.25) is 0 Å². The van der Waals surface area contributed by atoms with Crippen LogP contribution in [0, 0.1) is 0 Å². The number of benzene rings is 1. The van der Waals surface area contributed by atoms with Crippen LogP contribution in [0.5, 0.6) is 0 Å². The first-order valence-electron chi connectivity index (χ1n) is 8.83. The van der Waals surface area contributed by atoms with Gasteiger partial charge in [0.25, 0.3) is 0 Å². The molecule has 0 atom stereocenters. The molecule has 1 aromatic carbocycles. The Bertz CT molecular complexity index is 552. The molecule has 0 aliphatic carbocycles. The molecule has 1 aromatic rings. The standard InChI is InChI=1S/C20H30N4/c1-4-6-7-14-23(3)20(21-5-2)22-17-18-10-12-19(13-11-18)24-15-8-9-16-24/h4,8-13H,1,5-7,14-17H2,2-3H3,(H,21,22). The molecule has 1 aliphatic heterocycles. The number of nitrogens with one attached hydrogen (secondary N) is 1. The smallest absolute Gasteiger partial charge is 0.193 e. The second kappa shape index (κ2) is 9.81. The molecular weight excluding hydrogens is 296 g/mol. The summed E-state index contributed by atoms with van der Waals surface area (Å²) in [5, 5.41) is 3.37. The van der Waals surface area contributed by atoms with E-state index in [4.69, 9.17) is 4.99 Å². The van der Waals surface area contributed by atoms with Crippen molar-refractivity contribution in [1.29, 1.82) is 0 Å². The number of anilines is 1. The highest BCUT2D eigenvalue weighted by molar-refractivity contribution is 5.79. The van der Waals surface area contributed by atoms with Crippen LogP contribution in [-0.2, 0) is 6.54 Å². The second-order valence-electron chi connectivity index (χ2n) is 6.07. The summed E-state index contributed by atoms with van der Waals surface area (Å²) in [6.45, 7) is 10.5. The number of rotatable bonds is 8. The van der Waals surface area contributed by atoms with Gasteiger partial charge in [-0.15, -0.1) is 6.58 Å². The zero-order valence-electron chi connectivity index (χ0n) is 15.0. The molecule has 0 saturated carbocycles. The van der Waals surface area contributed by atoms with E-state index >= 15 is 0 Å². The first-order valence-corrected chi connectivity index (χ1v) is 8.83. The molecule has 1 heterocycles. The van der Waals surface area contributed by atoms with Crippen molar-refractivity contribution in [1.82, 2.24) is 10.2 Å². The molecule has 0 spiro atoms. The molecule has 0 amide bonds. The van der Waals surface area contributed by atoms with Gasteiger partial charge in [0.05, 0.1) is 6.54 Å². The van der Waals surface area contributed by atoms with Crippen LogP contribution in [0.1, 0.15) is 25.3 Å². The Labute approximate surface area is 146 Å². The molecule has 4 nitrogen and oxygen atoms in total. The lowest BCUT2D eigenvalue weighted by atomic mass is 10.2. The summed E-state index contributed by atoms with van der Waals surface area (Å²) >= 11 is 0. The van der Waals surface area contributed by atoms with Crippen molar-refractivity contribution in [2.24, 2.45) is 4.99 Å². The fraction of sp³-hybridized carbons (Fsp3) is 0.450. The average Bonchev–Trinajstić information content (AvgIpc) is 3.14. The lowest BCUT2D eigenvalue weighted by Gasteiger charge is -2.22. The Morgan fingerprint density at radius 2 is 2.00 bits per heavy atom. The maximum Gasteiger partial charge on any atom is 0.193 e.